The fraction of sp³-hybridized carbons (Fsp3) is 0.545. The van der Waals surface area contributed by atoms with E-state index in [-0.39, 0.29) is 24.4 Å². The van der Waals surface area contributed by atoms with E-state index >= 15 is 0 Å². The molecule has 3 unspecified atom stereocenters. The molecule has 156 valence electrons. The summed E-state index contributed by atoms with van der Waals surface area (Å²) in [6.07, 6.45) is 7.60. The number of fused-ring (bicyclic) bond motifs is 2. The van der Waals surface area contributed by atoms with Crippen LogP contribution in [0.3, 0.4) is 0 Å². The number of hydrogen-bond acceptors (Lipinski definition) is 3. The van der Waals surface area contributed by atoms with E-state index in [1.807, 2.05) is 33.8 Å². The van der Waals surface area contributed by atoms with Gasteiger partial charge in [0.15, 0.2) is 5.69 Å². The molecule has 2 aliphatic carbocycles. The second-order valence-electron chi connectivity index (χ2n) is 8.60. The van der Waals surface area contributed by atoms with Crippen molar-refractivity contribution in [2.45, 2.75) is 51.0 Å². The zero-order chi connectivity index (χ0) is 19.3. The van der Waals surface area contributed by atoms with E-state index < -0.39 is 0 Å². The number of amides is 1. The number of halogens is 2. The minimum Gasteiger partial charge on any atom is -0.337 e. The van der Waals surface area contributed by atoms with Crippen molar-refractivity contribution in [2.24, 2.45) is 17.6 Å². The van der Waals surface area contributed by atoms with Crippen molar-refractivity contribution in [1.29, 1.82) is 0 Å². The lowest BCUT2D eigenvalue weighted by atomic mass is 9.98. The molecule has 0 spiro atoms. The zero-order valence-electron chi connectivity index (χ0n) is 16.5. The topological polar surface area (TPSA) is 64.2 Å². The first-order chi connectivity index (χ1) is 13.6. The maximum atomic E-state index is 13.5. The van der Waals surface area contributed by atoms with Crippen molar-refractivity contribution in [3.63, 3.8) is 0 Å². The number of rotatable bonds is 2. The first-order valence-electron chi connectivity index (χ1n) is 10.5. The molecule has 0 radical (unpaired) electrons. The summed E-state index contributed by atoms with van der Waals surface area (Å²) in [5, 5.41) is 5.55. The molecule has 2 aromatic rings. The molecule has 3 aliphatic rings. The quantitative estimate of drug-likeness (QED) is 0.725. The normalized spacial score (nSPS) is 25.9. The van der Waals surface area contributed by atoms with Crippen molar-refractivity contribution in [3.05, 3.63) is 46.2 Å². The molecule has 0 bridgehead atoms. The summed E-state index contributed by atoms with van der Waals surface area (Å²) in [5.41, 5.74) is 10.2. The number of carbonyl (C=O) groups excluding carboxylic acids is 1. The third-order valence-corrected chi connectivity index (χ3v) is 7.16. The van der Waals surface area contributed by atoms with E-state index in [9.17, 15) is 4.79 Å². The molecular weight excluding hydrogens is 407 g/mol. The molecule has 2 N–H and O–H groups in total. The molecule has 7 heteroatoms. The molecule has 1 amide bonds. The highest BCUT2D eigenvalue weighted by atomic mass is 35.5. The van der Waals surface area contributed by atoms with Crippen molar-refractivity contribution in [3.8, 4) is 5.69 Å². The Balaban J connectivity index is 0.00000205. The van der Waals surface area contributed by atoms with Gasteiger partial charge in [0.2, 0.25) is 0 Å². The Morgan fingerprint density at radius 1 is 1.07 bits per heavy atom. The summed E-state index contributed by atoms with van der Waals surface area (Å²) < 4.78 is 1.98. The van der Waals surface area contributed by atoms with E-state index in [0.717, 1.165) is 62.9 Å². The van der Waals surface area contributed by atoms with Gasteiger partial charge in [-0.3, -0.25) is 4.79 Å². The average molecular weight is 435 g/mol. The van der Waals surface area contributed by atoms with E-state index in [1.54, 1.807) is 0 Å². The summed E-state index contributed by atoms with van der Waals surface area (Å²) in [5.74, 6) is 1.12. The first-order valence-corrected chi connectivity index (χ1v) is 10.9. The first kappa shape index (κ1) is 20.7. The summed E-state index contributed by atoms with van der Waals surface area (Å²) >= 11 is 6.07. The van der Waals surface area contributed by atoms with Gasteiger partial charge in [-0.25, -0.2) is 4.68 Å². The SMILES string of the molecule is Cl.NC1CCC2CN(C(=O)c3nn(-c4ccc(Cl)cc4)c4c3CCCCC4)CC12. The van der Waals surface area contributed by atoms with Crippen LogP contribution in [0.5, 0.6) is 0 Å². The van der Waals surface area contributed by atoms with Crippen LogP contribution in [0.25, 0.3) is 5.69 Å². The lowest BCUT2D eigenvalue weighted by Crippen LogP contribution is -2.34. The van der Waals surface area contributed by atoms with Gasteiger partial charge in [-0.1, -0.05) is 18.0 Å². The van der Waals surface area contributed by atoms with Crippen LogP contribution < -0.4 is 5.73 Å². The molecule has 5 rings (SSSR count). The second kappa shape index (κ2) is 8.29. The smallest absolute Gasteiger partial charge is 0.274 e. The van der Waals surface area contributed by atoms with Crippen LogP contribution >= 0.6 is 24.0 Å². The van der Waals surface area contributed by atoms with Crippen LogP contribution in [-0.4, -0.2) is 39.7 Å². The maximum absolute atomic E-state index is 13.5. The van der Waals surface area contributed by atoms with E-state index in [0.29, 0.717) is 22.6 Å². The van der Waals surface area contributed by atoms with E-state index in [2.05, 4.69) is 0 Å². The molecule has 2 heterocycles. The van der Waals surface area contributed by atoms with Crippen molar-refractivity contribution < 1.29 is 4.79 Å². The van der Waals surface area contributed by atoms with Crippen LogP contribution in [0, 0.1) is 11.8 Å². The van der Waals surface area contributed by atoms with Crippen molar-refractivity contribution in [2.75, 3.05) is 13.1 Å². The van der Waals surface area contributed by atoms with Crippen LogP contribution in [0.2, 0.25) is 5.02 Å². The summed E-state index contributed by atoms with van der Waals surface area (Å²) in [6.45, 7) is 1.62. The Kier molecular flexibility index (Phi) is 5.92. The number of hydrogen-bond donors (Lipinski definition) is 1. The largest absolute Gasteiger partial charge is 0.337 e. The van der Waals surface area contributed by atoms with Gasteiger partial charge in [0.05, 0.1) is 5.69 Å². The van der Waals surface area contributed by atoms with E-state index in [1.165, 1.54) is 12.1 Å². The van der Waals surface area contributed by atoms with Gasteiger partial charge in [0.25, 0.3) is 5.91 Å². The summed E-state index contributed by atoms with van der Waals surface area (Å²) in [6, 6.07) is 7.96. The number of likely N-dealkylation sites (tertiary alicyclic amines) is 1. The van der Waals surface area contributed by atoms with Gasteiger partial charge in [0.1, 0.15) is 0 Å². The summed E-state index contributed by atoms with van der Waals surface area (Å²) in [7, 11) is 0. The van der Waals surface area contributed by atoms with Gasteiger partial charge >= 0.3 is 0 Å². The Labute approximate surface area is 183 Å². The zero-order valence-corrected chi connectivity index (χ0v) is 18.1. The highest BCUT2D eigenvalue weighted by molar-refractivity contribution is 6.30. The Morgan fingerprint density at radius 3 is 2.59 bits per heavy atom. The molecule has 2 fully saturated rings. The standard InChI is InChI=1S/C22H27ClN4O.ClH/c23-15-7-9-16(10-8-15)27-20-5-3-1-2-4-17(20)21(25-27)22(28)26-12-14-6-11-19(24)18(14)13-26;/h7-10,14,18-19H,1-6,11-13,24H2;1H. The minimum absolute atomic E-state index is 0. The molecule has 5 nitrogen and oxygen atoms in total. The number of aromatic nitrogens is 2. The highest BCUT2D eigenvalue weighted by Gasteiger charge is 2.43. The highest BCUT2D eigenvalue weighted by Crippen LogP contribution is 2.38. The molecule has 1 saturated carbocycles. The van der Waals surface area contributed by atoms with Crippen LogP contribution in [0.4, 0.5) is 0 Å². The van der Waals surface area contributed by atoms with Gasteiger partial charge < -0.3 is 10.6 Å². The fourth-order valence-corrected chi connectivity index (χ4v) is 5.49. The van der Waals surface area contributed by atoms with E-state index in [4.69, 9.17) is 22.4 Å². The van der Waals surface area contributed by atoms with Crippen LogP contribution in [0.1, 0.15) is 53.8 Å². The third kappa shape index (κ3) is 3.69. The number of benzene rings is 1. The Morgan fingerprint density at radius 2 is 1.83 bits per heavy atom. The molecule has 1 aromatic carbocycles. The second-order valence-corrected chi connectivity index (χ2v) is 9.03. The number of nitrogens with two attached hydrogens (primary N) is 1. The Hall–Kier alpha value is -1.56. The molecule has 1 aliphatic heterocycles. The van der Waals surface area contributed by atoms with Gasteiger partial charge in [-0.2, -0.15) is 5.10 Å². The monoisotopic (exact) mass is 434 g/mol. The Bertz CT molecular complexity index is 895. The molecule has 1 aromatic heterocycles. The molecule has 3 atom stereocenters. The predicted octanol–water partition coefficient (Wildman–Crippen LogP) is 4.03. The minimum atomic E-state index is 0. The van der Waals surface area contributed by atoms with Crippen LogP contribution in [0.15, 0.2) is 24.3 Å². The van der Waals surface area contributed by atoms with Crippen LogP contribution in [-0.2, 0) is 12.8 Å². The molecule has 29 heavy (non-hydrogen) atoms. The van der Waals surface area contributed by atoms with Gasteiger partial charge in [0, 0.05) is 35.4 Å². The number of carbonyl (C=O) groups is 1. The predicted molar refractivity (Wildman–Crippen MR) is 117 cm³/mol. The van der Waals surface area contributed by atoms with Crippen molar-refractivity contribution in [1.82, 2.24) is 14.7 Å². The summed E-state index contributed by atoms with van der Waals surface area (Å²) in [4.78, 5) is 15.5. The molecular formula is C22H28Cl2N4O. The van der Waals surface area contributed by atoms with Gasteiger partial charge in [-0.05, 0) is 74.6 Å². The average Bonchev–Trinajstić information content (AvgIpc) is 3.32. The lowest BCUT2D eigenvalue weighted by Gasteiger charge is -2.18. The molecule has 1 saturated heterocycles. The lowest BCUT2D eigenvalue weighted by molar-refractivity contribution is 0.0772. The number of nitrogens with zero attached hydrogens (tertiary/aromatic N) is 3. The van der Waals surface area contributed by atoms with Gasteiger partial charge in [-0.15, -0.1) is 12.4 Å². The third-order valence-electron chi connectivity index (χ3n) is 6.90. The van der Waals surface area contributed by atoms with Crippen molar-refractivity contribution >= 4 is 29.9 Å². The fourth-order valence-electron chi connectivity index (χ4n) is 5.37. The maximum Gasteiger partial charge on any atom is 0.274 e.